The Labute approximate surface area is 130 Å². The van der Waals surface area contributed by atoms with E-state index >= 15 is 0 Å². The molecule has 0 radical (unpaired) electrons. The average molecular weight is 315 g/mol. The Morgan fingerprint density at radius 2 is 2.29 bits per heavy atom. The number of nitrogens with zero attached hydrogens (tertiary/aromatic N) is 2. The van der Waals surface area contributed by atoms with Gasteiger partial charge in [0.1, 0.15) is 5.69 Å². The predicted octanol–water partition coefficient (Wildman–Crippen LogP) is 1.66. The zero-order valence-corrected chi connectivity index (χ0v) is 13.3. The van der Waals surface area contributed by atoms with Crippen molar-refractivity contribution in [2.45, 2.75) is 32.3 Å². The summed E-state index contributed by atoms with van der Waals surface area (Å²) < 4.78 is 1.70. The van der Waals surface area contributed by atoms with Crippen LogP contribution < -0.4 is 0 Å². The lowest BCUT2D eigenvalue weighted by molar-refractivity contribution is -0.0721. The molecule has 5 nitrogen and oxygen atoms in total. The Morgan fingerprint density at radius 1 is 1.57 bits per heavy atom. The molecule has 0 spiro atoms. The Hall–Kier alpha value is -1.04. The van der Waals surface area contributed by atoms with Crippen LogP contribution in [0.25, 0.3) is 0 Å². The number of aliphatic hydroxyl groups excluding tert-OH is 2. The lowest BCUT2D eigenvalue weighted by Gasteiger charge is -2.45. The minimum Gasteiger partial charge on any atom is -0.396 e. The highest BCUT2D eigenvalue weighted by Crippen LogP contribution is 2.35. The zero-order valence-electron chi connectivity index (χ0n) is 12.5. The van der Waals surface area contributed by atoms with E-state index in [2.05, 4.69) is 0 Å². The summed E-state index contributed by atoms with van der Waals surface area (Å²) in [6, 6.07) is 1.65. The van der Waals surface area contributed by atoms with Gasteiger partial charge >= 0.3 is 0 Å². The van der Waals surface area contributed by atoms with Gasteiger partial charge in [0.15, 0.2) is 0 Å². The smallest absolute Gasteiger partial charge is 0.270 e. The molecular formula is C15H23ClN2O3. The number of aliphatic hydroxyl groups is 2. The van der Waals surface area contributed by atoms with Crippen molar-refractivity contribution < 1.29 is 15.0 Å². The normalized spacial score (nSPS) is 26.1. The van der Waals surface area contributed by atoms with Gasteiger partial charge in [-0.3, -0.25) is 4.79 Å². The Morgan fingerprint density at radius 3 is 2.81 bits per heavy atom. The molecule has 2 atom stereocenters. The maximum atomic E-state index is 12.6. The number of aromatic nitrogens is 1. The van der Waals surface area contributed by atoms with Crippen LogP contribution in [0.5, 0.6) is 0 Å². The number of amides is 1. The van der Waals surface area contributed by atoms with Crippen molar-refractivity contribution in [3.05, 3.63) is 23.0 Å². The third-order valence-corrected chi connectivity index (χ3v) is 4.63. The fourth-order valence-electron chi connectivity index (χ4n) is 3.20. The Bertz CT molecular complexity index is 517. The second-order valence-electron chi connectivity index (χ2n) is 5.96. The molecule has 118 valence electrons. The van der Waals surface area contributed by atoms with Gasteiger partial charge in [-0.25, -0.2) is 0 Å². The van der Waals surface area contributed by atoms with E-state index in [0.717, 1.165) is 6.42 Å². The van der Waals surface area contributed by atoms with Crippen LogP contribution in [0.15, 0.2) is 12.3 Å². The summed E-state index contributed by atoms with van der Waals surface area (Å²) in [5.74, 6) is -0.106. The van der Waals surface area contributed by atoms with Gasteiger partial charge in [0.2, 0.25) is 0 Å². The van der Waals surface area contributed by atoms with Gasteiger partial charge in [0, 0.05) is 31.7 Å². The van der Waals surface area contributed by atoms with E-state index < -0.39 is 11.5 Å². The molecule has 21 heavy (non-hydrogen) atoms. The predicted molar refractivity (Wildman–Crippen MR) is 81.4 cm³/mol. The van der Waals surface area contributed by atoms with Gasteiger partial charge in [-0.1, -0.05) is 24.9 Å². The van der Waals surface area contributed by atoms with Crippen molar-refractivity contribution in [1.29, 1.82) is 0 Å². The molecule has 1 fully saturated rings. The van der Waals surface area contributed by atoms with E-state index in [9.17, 15) is 15.0 Å². The molecule has 2 N–H and O–H groups in total. The number of carbonyl (C=O) groups excluding carboxylic acids is 1. The van der Waals surface area contributed by atoms with Gasteiger partial charge < -0.3 is 19.7 Å². The molecule has 1 amide bonds. The molecule has 1 saturated heterocycles. The summed E-state index contributed by atoms with van der Waals surface area (Å²) in [7, 11) is 1.78. The molecular weight excluding hydrogens is 292 g/mol. The number of halogens is 1. The molecule has 0 aromatic carbocycles. The number of hydrogen-bond acceptors (Lipinski definition) is 3. The van der Waals surface area contributed by atoms with Crippen molar-refractivity contribution in [1.82, 2.24) is 9.47 Å². The summed E-state index contributed by atoms with van der Waals surface area (Å²) >= 11 is 5.93. The van der Waals surface area contributed by atoms with Crippen LogP contribution in [0.1, 0.15) is 36.7 Å². The topological polar surface area (TPSA) is 65.7 Å². The number of carbonyl (C=O) groups is 1. The minimum absolute atomic E-state index is 0.106. The molecule has 0 saturated carbocycles. The van der Waals surface area contributed by atoms with E-state index in [1.54, 1.807) is 28.8 Å². The highest BCUT2D eigenvalue weighted by Gasteiger charge is 2.43. The second kappa shape index (κ2) is 6.38. The standard InChI is InChI=1S/C15H23ClN2O3/c1-3-5-15(10-19)9-18(6-4-13(15)20)14(21)12-7-11(16)8-17(12)2/h7-8,13,19-20H,3-6,9-10H2,1-2H3/t13-,15+/m1/s1. The van der Waals surface area contributed by atoms with Gasteiger partial charge in [0.05, 0.1) is 17.7 Å². The van der Waals surface area contributed by atoms with E-state index in [1.165, 1.54) is 0 Å². The number of hydrogen-bond donors (Lipinski definition) is 2. The van der Waals surface area contributed by atoms with Crippen molar-refractivity contribution >= 4 is 17.5 Å². The first-order chi connectivity index (χ1) is 9.93. The summed E-state index contributed by atoms with van der Waals surface area (Å²) in [6.07, 6.45) is 3.17. The number of piperidine rings is 1. The average Bonchev–Trinajstić information content (AvgIpc) is 2.79. The third-order valence-electron chi connectivity index (χ3n) is 4.43. The molecule has 1 aromatic rings. The number of likely N-dealkylation sites (tertiary alicyclic amines) is 1. The monoisotopic (exact) mass is 314 g/mol. The lowest BCUT2D eigenvalue weighted by atomic mass is 9.74. The molecule has 0 bridgehead atoms. The number of aryl methyl sites for hydroxylation is 1. The van der Waals surface area contributed by atoms with Crippen LogP contribution in [-0.4, -0.2) is 51.4 Å². The summed E-state index contributed by atoms with van der Waals surface area (Å²) in [6.45, 7) is 2.77. The van der Waals surface area contributed by atoms with Crippen molar-refractivity contribution in [3.63, 3.8) is 0 Å². The maximum absolute atomic E-state index is 12.6. The second-order valence-corrected chi connectivity index (χ2v) is 6.39. The quantitative estimate of drug-likeness (QED) is 0.888. The van der Waals surface area contributed by atoms with Crippen LogP contribution in [-0.2, 0) is 7.05 Å². The van der Waals surface area contributed by atoms with Crippen molar-refractivity contribution in [2.24, 2.45) is 12.5 Å². The molecule has 1 aromatic heterocycles. The first-order valence-corrected chi connectivity index (χ1v) is 7.71. The summed E-state index contributed by atoms with van der Waals surface area (Å²) in [4.78, 5) is 14.3. The van der Waals surface area contributed by atoms with Crippen molar-refractivity contribution in [3.8, 4) is 0 Å². The molecule has 0 aliphatic carbocycles. The molecule has 1 aliphatic rings. The maximum Gasteiger partial charge on any atom is 0.270 e. The van der Waals surface area contributed by atoms with Crippen LogP contribution in [0.3, 0.4) is 0 Å². The first-order valence-electron chi connectivity index (χ1n) is 7.33. The fraction of sp³-hybridized carbons (Fsp3) is 0.667. The number of rotatable bonds is 4. The molecule has 0 unspecified atom stereocenters. The van der Waals surface area contributed by atoms with Gasteiger partial charge in [-0.2, -0.15) is 0 Å². The van der Waals surface area contributed by atoms with Crippen molar-refractivity contribution in [2.75, 3.05) is 19.7 Å². The molecule has 6 heteroatoms. The lowest BCUT2D eigenvalue weighted by Crippen LogP contribution is -2.55. The highest BCUT2D eigenvalue weighted by molar-refractivity contribution is 6.31. The Balaban J connectivity index is 2.21. The van der Waals surface area contributed by atoms with Crippen LogP contribution in [0, 0.1) is 5.41 Å². The Kier molecular flexibility index (Phi) is 4.96. The van der Waals surface area contributed by atoms with Crippen LogP contribution in [0.2, 0.25) is 5.02 Å². The van der Waals surface area contributed by atoms with Gasteiger partial charge in [0.25, 0.3) is 5.91 Å². The largest absolute Gasteiger partial charge is 0.396 e. The highest BCUT2D eigenvalue weighted by atomic mass is 35.5. The molecule has 2 heterocycles. The summed E-state index contributed by atoms with van der Waals surface area (Å²) in [5, 5.41) is 20.5. The van der Waals surface area contributed by atoms with Gasteiger partial charge in [-0.05, 0) is 18.9 Å². The van der Waals surface area contributed by atoms with E-state index in [0.29, 0.717) is 36.6 Å². The minimum atomic E-state index is -0.613. The molecule has 2 rings (SSSR count). The third kappa shape index (κ3) is 3.10. The molecule has 1 aliphatic heterocycles. The van der Waals surface area contributed by atoms with Gasteiger partial charge in [-0.15, -0.1) is 0 Å². The first kappa shape index (κ1) is 16.3. The van der Waals surface area contributed by atoms with E-state index in [4.69, 9.17) is 11.6 Å². The van der Waals surface area contributed by atoms with E-state index in [-0.39, 0.29) is 12.5 Å². The van der Waals surface area contributed by atoms with E-state index in [1.807, 2.05) is 6.92 Å². The zero-order chi connectivity index (χ0) is 15.6. The van der Waals surface area contributed by atoms with Crippen LogP contribution in [0.4, 0.5) is 0 Å². The summed E-state index contributed by atoms with van der Waals surface area (Å²) in [5.41, 5.74) is -0.0859. The van der Waals surface area contributed by atoms with Crippen LogP contribution >= 0.6 is 11.6 Å². The fourth-order valence-corrected chi connectivity index (χ4v) is 3.45. The SMILES string of the molecule is CCC[C@@]1(CO)CN(C(=O)c2cc(Cl)cn2C)CC[C@H]1O.